The van der Waals surface area contributed by atoms with E-state index in [0.717, 1.165) is 23.3 Å². The summed E-state index contributed by atoms with van der Waals surface area (Å²) in [5.41, 5.74) is 2.22. The Labute approximate surface area is 143 Å². The average Bonchev–Trinajstić information content (AvgIpc) is 2.62. The summed E-state index contributed by atoms with van der Waals surface area (Å²) in [4.78, 5) is 12.1. The van der Waals surface area contributed by atoms with Gasteiger partial charge < -0.3 is 14.2 Å². The van der Waals surface area contributed by atoms with Crippen LogP contribution >= 0.6 is 0 Å². The lowest BCUT2D eigenvalue weighted by molar-refractivity contribution is -0.134. The van der Waals surface area contributed by atoms with Gasteiger partial charge >= 0.3 is 5.97 Å². The van der Waals surface area contributed by atoms with Gasteiger partial charge in [0.05, 0.1) is 13.7 Å². The van der Waals surface area contributed by atoms with Gasteiger partial charge in [-0.3, -0.25) is 4.79 Å². The zero-order valence-corrected chi connectivity index (χ0v) is 14.5. The van der Waals surface area contributed by atoms with Crippen molar-refractivity contribution in [3.05, 3.63) is 53.6 Å². The van der Waals surface area contributed by atoms with E-state index < -0.39 is 0 Å². The van der Waals surface area contributed by atoms with Crippen LogP contribution in [-0.2, 0) is 17.6 Å². The first-order valence-electron chi connectivity index (χ1n) is 8.25. The van der Waals surface area contributed by atoms with E-state index >= 15 is 0 Å². The first-order valence-corrected chi connectivity index (χ1v) is 8.25. The maximum atomic E-state index is 12.1. The number of hydrogen-bond acceptors (Lipinski definition) is 4. The van der Waals surface area contributed by atoms with Gasteiger partial charge in [0.15, 0.2) is 11.5 Å². The van der Waals surface area contributed by atoms with Gasteiger partial charge in [-0.1, -0.05) is 25.1 Å². The number of esters is 1. The normalized spacial score (nSPS) is 10.3. The molecule has 2 aromatic carbocycles. The van der Waals surface area contributed by atoms with Crippen LogP contribution in [0.15, 0.2) is 42.5 Å². The predicted octanol–water partition coefficient (Wildman–Crippen LogP) is 4.19. The Balaban J connectivity index is 1.95. The Morgan fingerprint density at radius 3 is 2.29 bits per heavy atom. The molecule has 0 aromatic heterocycles. The van der Waals surface area contributed by atoms with Crippen molar-refractivity contribution in [1.29, 1.82) is 0 Å². The third kappa shape index (κ3) is 5.01. The van der Waals surface area contributed by atoms with Gasteiger partial charge in [0, 0.05) is 6.42 Å². The lowest BCUT2D eigenvalue weighted by Gasteiger charge is -2.12. The van der Waals surface area contributed by atoms with Crippen molar-refractivity contribution in [1.82, 2.24) is 0 Å². The van der Waals surface area contributed by atoms with E-state index in [1.165, 1.54) is 0 Å². The molecule has 0 atom stereocenters. The maximum Gasteiger partial charge on any atom is 0.311 e. The Hall–Kier alpha value is -2.49. The first kappa shape index (κ1) is 17.9. The molecule has 0 aliphatic heterocycles. The molecule has 0 heterocycles. The summed E-state index contributed by atoms with van der Waals surface area (Å²) in [6.07, 6.45) is 1.85. The molecular formula is C20H24O4. The van der Waals surface area contributed by atoms with E-state index in [1.807, 2.05) is 43.3 Å². The molecule has 0 spiro atoms. The predicted molar refractivity (Wildman–Crippen MR) is 93.9 cm³/mol. The molecule has 0 saturated heterocycles. The van der Waals surface area contributed by atoms with Crippen molar-refractivity contribution in [3.8, 4) is 17.2 Å². The Bertz CT molecular complexity index is 662. The Morgan fingerprint density at radius 1 is 0.958 bits per heavy atom. The number of carbonyl (C=O) groups excluding carboxylic acids is 1. The van der Waals surface area contributed by atoms with Gasteiger partial charge in [-0.05, 0) is 55.2 Å². The SMILES string of the molecule is CCOc1cc(CC)ccc1OC(=O)CCc1ccc(OC)cc1. The summed E-state index contributed by atoms with van der Waals surface area (Å²) in [5.74, 6) is 1.64. The molecule has 0 unspecified atom stereocenters. The molecule has 0 radical (unpaired) electrons. The van der Waals surface area contributed by atoms with Crippen LogP contribution in [-0.4, -0.2) is 19.7 Å². The fraction of sp³-hybridized carbons (Fsp3) is 0.350. The minimum absolute atomic E-state index is 0.268. The molecule has 24 heavy (non-hydrogen) atoms. The number of hydrogen-bond donors (Lipinski definition) is 0. The highest BCUT2D eigenvalue weighted by Gasteiger charge is 2.11. The first-order chi connectivity index (χ1) is 11.7. The van der Waals surface area contributed by atoms with Crippen LogP contribution < -0.4 is 14.2 Å². The molecule has 2 aromatic rings. The number of benzene rings is 2. The molecule has 0 fully saturated rings. The average molecular weight is 328 g/mol. The van der Waals surface area contributed by atoms with E-state index in [9.17, 15) is 4.79 Å². The monoisotopic (exact) mass is 328 g/mol. The number of ether oxygens (including phenoxy) is 3. The van der Waals surface area contributed by atoms with E-state index in [0.29, 0.717) is 30.9 Å². The molecule has 0 aliphatic rings. The van der Waals surface area contributed by atoms with Crippen molar-refractivity contribution >= 4 is 5.97 Å². The van der Waals surface area contributed by atoms with Crippen molar-refractivity contribution in [3.63, 3.8) is 0 Å². The molecule has 0 amide bonds. The second-order valence-electron chi connectivity index (χ2n) is 5.39. The summed E-state index contributed by atoms with van der Waals surface area (Å²) in [6.45, 7) is 4.52. The molecule has 0 aliphatic carbocycles. The van der Waals surface area contributed by atoms with Gasteiger partial charge in [-0.15, -0.1) is 0 Å². The van der Waals surface area contributed by atoms with Crippen LogP contribution in [0.4, 0.5) is 0 Å². The second-order valence-corrected chi connectivity index (χ2v) is 5.39. The zero-order chi connectivity index (χ0) is 17.4. The molecule has 0 saturated carbocycles. The van der Waals surface area contributed by atoms with Gasteiger partial charge in [-0.2, -0.15) is 0 Å². The molecule has 0 N–H and O–H groups in total. The summed E-state index contributed by atoms with van der Waals surface area (Å²) in [6, 6.07) is 13.4. The molecule has 0 bridgehead atoms. The molecule has 4 heteroatoms. The van der Waals surface area contributed by atoms with Crippen molar-refractivity contribution in [2.45, 2.75) is 33.1 Å². The van der Waals surface area contributed by atoms with Crippen LogP contribution in [0.25, 0.3) is 0 Å². The molecule has 128 valence electrons. The van der Waals surface area contributed by atoms with Gasteiger partial charge in [0.25, 0.3) is 0 Å². The standard InChI is InChI=1S/C20H24O4/c1-4-15-8-12-18(19(14-15)23-5-2)24-20(21)13-9-16-6-10-17(22-3)11-7-16/h6-8,10-12,14H,4-5,9,13H2,1-3H3. The summed E-state index contributed by atoms with van der Waals surface area (Å²) in [5, 5.41) is 0. The van der Waals surface area contributed by atoms with E-state index in [2.05, 4.69) is 6.92 Å². The van der Waals surface area contributed by atoms with E-state index in [1.54, 1.807) is 13.2 Å². The lowest BCUT2D eigenvalue weighted by Crippen LogP contribution is -2.10. The minimum Gasteiger partial charge on any atom is -0.497 e. The number of rotatable bonds is 8. The van der Waals surface area contributed by atoms with Gasteiger partial charge in [0.1, 0.15) is 5.75 Å². The fourth-order valence-corrected chi connectivity index (χ4v) is 2.34. The topological polar surface area (TPSA) is 44.8 Å². The Morgan fingerprint density at radius 2 is 1.67 bits per heavy atom. The zero-order valence-electron chi connectivity index (χ0n) is 14.5. The fourth-order valence-electron chi connectivity index (χ4n) is 2.34. The highest BCUT2D eigenvalue weighted by molar-refractivity contribution is 5.73. The van der Waals surface area contributed by atoms with Crippen LogP contribution in [0.2, 0.25) is 0 Å². The summed E-state index contributed by atoms with van der Waals surface area (Å²) < 4.78 is 16.2. The largest absolute Gasteiger partial charge is 0.497 e. The molecular weight excluding hydrogens is 304 g/mol. The third-order valence-electron chi connectivity index (χ3n) is 3.72. The third-order valence-corrected chi connectivity index (χ3v) is 3.72. The van der Waals surface area contributed by atoms with Crippen molar-refractivity contribution in [2.75, 3.05) is 13.7 Å². The van der Waals surface area contributed by atoms with E-state index in [-0.39, 0.29) is 5.97 Å². The van der Waals surface area contributed by atoms with Crippen molar-refractivity contribution < 1.29 is 19.0 Å². The van der Waals surface area contributed by atoms with Crippen molar-refractivity contribution in [2.24, 2.45) is 0 Å². The second kappa shape index (κ2) is 8.96. The van der Waals surface area contributed by atoms with Gasteiger partial charge in [-0.25, -0.2) is 0 Å². The highest BCUT2D eigenvalue weighted by Crippen LogP contribution is 2.29. The molecule has 4 nitrogen and oxygen atoms in total. The number of aryl methyl sites for hydroxylation is 2. The minimum atomic E-state index is -0.268. The Kier molecular flexibility index (Phi) is 6.67. The van der Waals surface area contributed by atoms with Crippen LogP contribution in [0, 0.1) is 0 Å². The number of methoxy groups -OCH3 is 1. The van der Waals surface area contributed by atoms with Crippen LogP contribution in [0.5, 0.6) is 17.2 Å². The maximum absolute atomic E-state index is 12.1. The summed E-state index contributed by atoms with van der Waals surface area (Å²) >= 11 is 0. The quantitative estimate of drug-likeness (QED) is 0.538. The highest BCUT2D eigenvalue weighted by atomic mass is 16.6. The number of carbonyl (C=O) groups is 1. The van der Waals surface area contributed by atoms with Gasteiger partial charge in [0.2, 0.25) is 0 Å². The lowest BCUT2D eigenvalue weighted by atomic mass is 10.1. The smallest absolute Gasteiger partial charge is 0.311 e. The van der Waals surface area contributed by atoms with E-state index in [4.69, 9.17) is 14.2 Å². The van der Waals surface area contributed by atoms with Crippen LogP contribution in [0.3, 0.4) is 0 Å². The molecule has 2 rings (SSSR count). The summed E-state index contributed by atoms with van der Waals surface area (Å²) in [7, 11) is 1.63. The van der Waals surface area contributed by atoms with Crippen LogP contribution in [0.1, 0.15) is 31.4 Å².